The van der Waals surface area contributed by atoms with Crippen LogP contribution in [-0.2, 0) is 0 Å². The molecule has 0 aliphatic heterocycles. The molecule has 2 aliphatic carbocycles. The fraction of sp³-hybridized carbons (Fsp3) is 0.692. The fourth-order valence-corrected chi connectivity index (χ4v) is 3.60. The summed E-state index contributed by atoms with van der Waals surface area (Å²) in [7, 11) is 0. The molecule has 0 spiro atoms. The van der Waals surface area contributed by atoms with Crippen LogP contribution >= 0.6 is 0 Å². The molecule has 2 aliphatic rings. The maximum atomic E-state index is 6.18. The van der Waals surface area contributed by atoms with E-state index < -0.39 is 0 Å². The van der Waals surface area contributed by atoms with Crippen LogP contribution in [0.4, 0.5) is 0 Å². The van der Waals surface area contributed by atoms with E-state index in [1.54, 1.807) is 12.4 Å². The van der Waals surface area contributed by atoms with Gasteiger partial charge in [-0.25, -0.2) is 9.97 Å². The average Bonchev–Trinajstić information content (AvgIpc) is 2.92. The molecular formula is C13H19N3. The minimum atomic E-state index is 0.0329. The zero-order valence-corrected chi connectivity index (χ0v) is 9.55. The Balaban J connectivity index is 1.63. The third kappa shape index (κ3) is 1.84. The van der Waals surface area contributed by atoms with Crippen LogP contribution in [0.3, 0.4) is 0 Å². The van der Waals surface area contributed by atoms with E-state index in [4.69, 9.17) is 5.73 Å². The lowest BCUT2D eigenvalue weighted by Gasteiger charge is -2.23. The van der Waals surface area contributed by atoms with E-state index in [0.29, 0.717) is 0 Å². The van der Waals surface area contributed by atoms with Crippen LogP contribution < -0.4 is 5.73 Å². The molecule has 3 heteroatoms. The second kappa shape index (κ2) is 4.13. The van der Waals surface area contributed by atoms with Crippen LogP contribution in [0.25, 0.3) is 0 Å². The van der Waals surface area contributed by atoms with E-state index in [0.717, 1.165) is 30.0 Å². The first kappa shape index (κ1) is 10.2. The van der Waals surface area contributed by atoms with Gasteiger partial charge in [-0.3, -0.25) is 0 Å². The largest absolute Gasteiger partial charge is 0.321 e. The van der Waals surface area contributed by atoms with Gasteiger partial charge < -0.3 is 5.73 Å². The smallest absolute Gasteiger partial charge is 0.144 e. The van der Waals surface area contributed by atoms with Gasteiger partial charge in [-0.15, -0.1) is 0 Å². The van der Waals surface area contributed by atoms with Crippen LogP contribution in [0.2, 0.25) is 0 Å². The highest BCUT2D eigenvalue weighted by molar-refractivity contribution is 4.98. The normalized spacial score (nSPS) is 34.2. The van der Waals surface area contributed by atoms with E-state index in [9.17, 15) is 0 Å². The summed E-state index contributed by atoms with van der Waals surface area (Å²) in [5.74, 6) is 3.58. The predicted molar refractivity (Wildman–Crippen MR) is 62.5 cm³/mol. The van der Waals surface area contributed by atoms with Crippen molar-refractivity contribution >= 4 is 0 Å². The molecular weight excluding hydrogens is 198 g/mol. The van der Waals surface area contributed by atoms with E-state index >= 15 is 0 Å². The Kier molecular flexibility index (Phi) is 2.64. The molecule has 3 nitrogen and oxygen atoms in total. The zero-order valence-electron chi connectivity index (χ0n) is 9.55. The van der Waals surface area contributed by atoms with E-state index in [-0.39, 0.29) is 6.04 Å². The Morgan fingerprint density at radius 2 is 2.06 bits per heavy atom. The molecule has 0 saturated heterocycles. The first-order valence-corrected chi connectivity index (χ1v) is 6.35. The molecule has 16 heavy (non-hydrogen) atoms. The number of hydrogen-bond donors (Lipinski definition) is 1. The zero-order chi connectivity index (χ0) is 11.0. The van der Waals surface area contributed by atoms with E-state index in [1.807, 2.05) is 6.07 Å². The van der Waals surface area contributed by atoms with Crippen LogP contribution in [0.5, 0.6) is 0 Å². The highest BCUT2D eigenvalue weighted by Gasteiger charge is 2.40. The highest BCUT2D eigenvalue weighted by Crippen LogP contribution is 2.50. The summed E-state index contributed by atoms with van der Waals surface area (Å²) in [6.45, 7) is 0. The Labute approximate surface area is 96.5 Å². The maximum Gasteiger partial charge on any atom is 0.144 e. The number of hydrogen-bond acceptors (Lipinski definition) is 3. The van der Waals surface area contributed by atoms with E-state index in [1.165, 1.54) is 25.7 Å². The van der Waals surface area contributed by atoms with Crippen LogP contribution in [0, 0.1) is 17.8 Å². The minimum Gasteiger partial charge on any atom is -0.321 e. The standard InChI is InChI=1S/C13H19N3/c14-12(13-15-4-1-5-16-13)8-11-7-9-2-3-10(11)6-9/h1,4-5,9-12H,2-3,6-8,14H2. The second-order valence-electron chi connectivity index (χ2n) is 5.38. The first-order chi connectivity index (χ1) is 7.83. The highest BCUT2D eigenvalue weighted by atomic mass is 14.9. The van der Waals surface area contributed by atoms with Gasteiger partial charge in [0.2, 0.25) is 0 Å². The van der Waals surface area contributed by atoms with E-state index in [2.05, 4.69) is 9.97 Å². The molecule has 86 valence electrons. The monoisotopic (exact) mass is 217 g/mol. The molecule has 2 N–H and O–H groups in total. The Hall–Kier alpha value is -0.960. The Morgan fingerprint density at radius 3 is 2.69 bits per heavy atom. The van der Waals surface area contributed by atoms with Crippen LogP contribution in [0.15, 0.2) is 18.5 Å². The summed E-state index contributed by atoms with van der Waals surface area (Å²) in [5.41, 5.74) is 6.18. The topological polar surface area (TPSA) is 51.8 Å². The van der Waals surface area contributed by atoms with Gasteiger partial charge in [0.15, 0.2) is 0 Å². The molecule has 0 radical (unpaired) electrons. The average molecular weight is 217 g/mol. The van der Waals surface area contributed by atoms with Crippen molar-refractivity contribution in [3.63, 3.8) is 0 Å². The van der Waals surface area contributed by atoms with Crippen molar-refractivity contribution in [2.45, 2.75) is 38.1 Å². The second-order valence-corrected chi connectivity index (χ2v) is 5.38. The first-order valence-electron chi connectivity index (χ1n) is 6.35. The lowest BCUT2D eigenvalue weighted by Crippen LogP contribution is -2.21. The number of nitrogens with two attached hydrogens (primary N) is 1. The molecule has 3 rings (SSSR count). The van der Waals surface area contributed by atoms with Crippen molar-refractivity contribution in [2.24, 2.45) is 23.5 Å². The van der Waals surface area contributed by atoms with Crippen molar-refractivity contribution in [3.8, 4) is 0 Å². The SMILES string of the molecule is NC(CC1CC2CCC1C2)c1ncccn1. The number of rotatable bonds is 3. The number of aromatic nitrogens is 2. The molecule has 1 aromatic rings. The Morgan fingerprint density at radius 1 is 1.25 bits per heavy atom. The van der Waals surface area contributed by atoms with Crippen molar-refractivity contribution in [3.05, 3.63) is 24.3 Å². The van der Waals surface area contributed by atoms with Gasteiger partial charge in [0.1, 0.15) is 5.82 Å². The summed E-state index contributed by atoms with van der Waals surface area (Å²) < 4.78 is 0. The molecule has 1 heterocycles. The third-order valence-corrected chi connectivity index (χ3v) is 4.36. The number of fused-ring (bicyclic) bond motifs is 2. The summed E-state index contributed by atoms with van der Waals surface area (Å²) in [4.78, 5) is 8.49. The molecule has 4 atom stereocenters. The molecule has 4 unspecified atom stereocenters. The van der Waals surface area contributed by atoms with Crippen molar-refractivity contribution in [2.75, 3.05) is 0 Å². The van der Waals surface area contributed by atoms with Crippen molar-refractivity contribution in [1.82, 2.24) is 9.97 Å². The van der Waals surface area contributed by atoms with Crippen molar-refractivity contribution in [1.29, 1.82) is 0 Å². The maximum absolute atomic E-state index is 6.18. The lowest BCUT2D eigenvalue weighted by molar-refractivity contribution is 0.293. The summed E-state index contributed by atoms with van der Waals surface area (Å²) in [5, 5.41) is 0. The predicted octanol–water partition coefficient (Wildman–Crippen LogP) is 2.30. The molecule has 0 amide bonds. The number of nitrogens with zero attached hydrogens (tertiary/aromatic N) is 2. The molecule has 2 bridgehead atoms. The van der Waals surface area contributed by atoms with Gasteiger partial charge >= 0.3 is 0 Å². The van der Waals surface area contributed by atoms with Gasteiger partial charge in [0.05, 0.1) is 6.04 Å². The molecule has 2 fully saturated rings. The van der Waals surface area contributed by atoms with Crippen molar-refractivity contribution < 1.29 is 0 Å². The van der Waals surface area contributed by atoms with Crippen LogP contribution in [0.1, 0.15) is 44.0 Å². The fourth-order valence-electron chi connectivity index (χ4n) is 3.60. The molecule has 1 aromatic heterocycles. The van der Waals surface area contributed by atoms with Crippen LogP contribution in [-0.4, -0.2) is 9.97 Å². The lowest BCUT2D eigenvalue weighted by atomic mass is 9.84. The van der Waals surface area contributed by atoms with Gasteiger partial charge in [-0.05, 0) is 49.5 Å². The Bertz CT molecular complexity index is 351. The third-order valence-electron chi connectivity index (χ3n) is 4.36. The summed E-state index contributed by atoms with van der Waals surface area (Å²) in [6.07, 6.45) is 10.4. The quantitative estimate of drug-likeness (QED) is 0.845. The summed E-state index contributed by atoms with van der Waals surface area (Å²) in [6, 6.07) is 1.87. The van der Waals surface area contributed by atoms with Gasteiger partial charge in [0, 0.05) is 12.4 Å². The summed E-state index contributed by atoms with van der Waals surface area (Å²) >= 11 is 0. The van der Waals surface area contributed by atoms with Gasteiger partial charge in [-0.1, -0.05) is 6.42 Å². The molecule has 2 saturated carbocycles. The van der Waals surface area contributed by atoms with Gasteiger partial charge in [0.25, 0.3) is 0 Å². The van der Waals surface area contributed by atoms with Gasteiger partial charge in [-0.2, -0.15) is 0 Å². The molecule has 0 aromatic carbocycles. The minimum absolute atomic E-state index is 0.0329.